The number of alkyl halides is 1. The Morgan fingerprint density at radius 2 is 2.22 bits per heavy atom. The molecule has 1 unspecified atom stereocenters. The molecule has 1 saturated carbocycles. The highest BCUT2D eigenvalue weighted by atomic mass is 35.5. The molecule has 2 nitrogen and oxygen atoms in total. The van der Waals surface area contributed by atoms with Crippen molar-refractivity contribution in [3.8, 4) is 0 Å². The molecule has 96 valence electrons. The molecule has 1 aliphatic rings. The van der Waals surface area contributed by atoms with E-state index in [1.807, 2.05) is 18.2 Å². The van der Waals surface area contributed by atoms with Crippen LogP contribution in [0, 0.1) is 5.92 Å². The predicted molar refractivity (Wildman–Crippen MR) is 76.6 cm³/mol. The minimum atomic E-state index is 0.492. The first kappa shape index (κ1) is 12.3. The van der Waals surface area contributed by atoms with Crippen molar-refractivity contribution in [2.24, 2.45) is 5.92 Å². The SMILES string of the molecule is CC(C1CC1)n1c(CCCl)nc2ccc(Cl)cc21. The summed E-state index contributed by atoms with van der Waals surface area (Å²) < 4.78 is 2.33. The number of nitrogens with zero attached hydrogens (tertiary/aromatic N) is 2. The number of benzene rings is 1. The first-order chi connectivity index (χ1) is 8.70. The number of halogens is 2. The van der Waals surface area contributed by atoms with E-state index in [2.05, 4.69) is 11.5 Å². The lowest BCUT2D eigenvalue weighted by Gasteiger charge is -2.16. The molecule has 0 bridgehead atoms. The van der Waals surface area contributed by atoms with Crippen molar-refractivity contribution in [3.63, 3.8) is 0 Å². The van der Waals surface area contributed by atoms with E-state index >= 15 is 0 Å². The average molecular weight is 283 g/mol. The average Bonchev–Trinajstić information content (AvgIpc) is 3.12. The zero-order valence-corrected chi connectivity index (χ0v) is 11.9. The van der Waals surface area contributed by atoms with Gasteiger partial charge in [0, 0.05) is 23.4 Å². The molecule has 3 rings (SSSR count). The van der Waals surface area contributed by atoms with Crippen LogP contribution in [0.1, 0.15) is 31.6 Å². The molecule has 1 fully saturated rings. The molecule has 1 heterocycles. The van der Waals surface area contributed by atoms with Gasteiger partial charge in [0.15, 0.2) is 0 Å². The van der Waals surface area contributed by atoms with Crippen LogP contribution in [0.5, 0.6) is 0 Å². The van der Waals surface area contributed by atoms with Crippen LogP contribution in [0.15, 0.2) is 18.2 Å². The second-order valence-electron chi connectivity index (χ2n) is 5.05. The summed E-state index contributed by atoms with van der Waals surface area (Å²) in [4.78, 5) is 4.69. The fourth-order valence-electron chi connectivity index (χ4n) is 2.62. The monoisotopic (exact) mass is 282 g/mol. The summed E-state index contributed by atoms with van der Waals surface area (Å²) in [6, 6.07) is 6.39. The minimum Gasteiger partial charge on any atom is -0.325 e. The summed E-state index contributed by atoms with van der Waals surface area (Å²) in [6.07, 6.45) is 3.45. The number of aromatic nitrogens is 2. The van der Waals surface area contributed by atoms with Gasteiger partial charge >= 0.3 is 0 Å². The van der Waals surface area contributed by atoms with Crippen molar-refractivity contribution < 1.29 is 0 Å². The lowest BCUT2D eigenvalue weighted by atomic mass is 10.2. The van der Waals surface area contributed by atoms with Crippen LogP contribution in [-0.4, -0.2) is 15.4 Å². The van der Waals surface area contributed by atoms with Gasteiger partial charge in [-0.15, -0.1) is 11.6 Å². The molecular formula is C14H16Cl2N2. The van der Waals surface area contributed by atoms with E-state index in [1.54, 1.807) is 0 Å². The second kappa shape index (κ2) is 4.75. The van der Waals surface area contributed by atoms with Gasteiger partial charge in [-0.3, -0.25) is 0 Å². The Kier molecular flexibility index (Phi) is 3.25. The Morgan fingerprint density at radius 3 is 2.89 bits per heavy atom. The van der Waals surface area contributed by atoms with E-state index < -0.39 is 0 Å². The Labute approximate surface area is 117 Å². The maximum Gasteiger partial charge on any atom is 0.111 e. The van der Waals surface area contributed by atoms with Crippen molar-refractivity contribution in [1.29, 1.82) is 0 Å². The molecule has 0 N–H and O–H groups in total. The summed E-state index contributed by atoms with van der Waals surface area (Å²) >= 11 is 12.0. The summed E-state index contributed by atoms with van der Waals surface area (Å²) in [5.41, 5.74) is 2.16. The van der Waals surface area contributed by atoms with E-state index in [4.69, 9.17) is 28.2 Å². The molecular weight excluding hydrogens is 267 g/mol. The van der Waals surface area contributed by atoms with Crippen molar-refractivity contribution in [3.05, 3.63) is 29.0 Å². The summed E-state index contributed by atoms with van der Waals surface area (Å²) in [6.45, 7) is 2.28. The van der Waals surface area contributed by atoms with Crippen LogP contribution in [0.25, 0.3) is 11.0 Å². The molecule has 0 radical (unpaired) electrons. The zero-order chi connectivity index (χ0) is 12.7. The van der Waals surface area contributed by atoms with Gasteiger partial charge < -0.3 is 4.57 Å². The smallest absolute Gasteiger partial charge is 0.111 e. The molecule has 1 atom stereocenters. The summed E-state index contributed by atoms with van der Waals surface area (Å²) in [5.74, 6) is 2.48. The molecule has 4 heteroatoms. The van der Waals surface area contributed by atoms with Gasteiger partial charge in [-0.05, 0) is 43.9 Å². The predicted octanol–water partition coefficient (Wildman–Crippen LogP) is 4.44. The third-order valence-corrected chi connectivity index (χ3v) is 4.18. The standard InChI is InChI=1S/C14H16Cl2N2/c1-9(10-2-3-10)18-13-8-11(16)4-5-12(13)17-14(18)6-7-15/h4-5,8-10H,2-3,6-7H2,1H3. The lowest BCUT2D eigenvalue weighted by molar-refractivity contribution is 0.482. The van der Waals surface area contributed by atoms with Crippen LogP contribution in [0.4, 0.5) is 0 Å². The Bertz CT molecular complexity index is 572. The highest BCUT2D eigenvalue weighted by molar-refractivity contribution is 6.31. The fraction of sp³-hybridized carbons (Fsp3) is 0.500. The van der Waals surface area contributed by atoms with Crippen molar-refractivity contribution in [1.82, 2.24) is 9.55 Å². The van der Waals surface area contributed by atoms with Crippen LogP contribution in [-0.2, 0) is 6.42 Å². The third kappa shape index (κ3) is 2.12. The normalized spacial score (nSPS) is 17.3. The number of hydrogen-bond acceptors (Lipinski definition) is 1. The highest BCUT2D eigenvalue weighted by Crippen LogP contribution is 2.41. The van der Waals surface area contributed by atoms with Crippen molar-refractivity contribution in [2.75, 3.05) is 5.88 Å². The van der Waals surface area contributed by atoms with Crippen LogP contribution in [0.3, 0.4) is 0 Å². The molecule has 0 saturated heterocycles. The van der Waals surface area contributed by atoms with Crippen LogP contribution < -0.4 is 0 Å². The lowest BCUT2D eigenvalue weighted by Crippen LogP contribution is -2.11. The van der Waals surface area contributed by atoms with Gasteiger partial charge in [-0.25, -0.2) is 4.98 Å². The molecule has 18 heavy (non-hydrogen) atoms. The molecule has 1 aromatic carbocycles. The first-order valence-electron chi connectivity index (χ1n) is 6.43. The molecule has 1 aromatic heterocycles. The Balaban J connectivity index is 2.15. The number of aryl methyl sites for hydroxylation is 1. The van der Waals surface area contributed by atoms with Gasteiger partial charge in [0.1, 0.15) is 5.82 Å². The second-order valence-corrected chi connectivity index (χ2v) is 5.86. The number of imidazole rings is 1. The Hall–Kier alpha value is -0.730. The molecule has 0 amide bonds. The number of hydrogen-bond donors (Lipinski definition) is 0. The van der Waals surface area contributed by atoms with Gasteiger partial charge in [0.05, 0.1) is 11.0 Å². The van der Waals surface area contributed by atoms with Gasteiger partial charge in [0.2, 0.25) is 0 Å². The molecule has 0 aliphatic heterocycles. The highest BCUT2D eigenvalue weighted by Gasteiger charge is 2.31. The van der Waals surface area contributed by atoms with E-state index in [0.717, 1.165) is 34.2 Å². The van der Waals surface area contributed by atoms with E-state index in [-0.39, 0.29) is 0 Å². The Morgan fingerprint density at radius 1 is 1.44 bits per heavy atom. The van der Waals surface area contributed by atoms with E-state index in [0.29, 0.717) is 11.9 Å². The molecule has 2 aromatic rings. The van der Waals surface area contributed by atoms with Gasteiger partial charge in [0.25, 0.3) is 0 Å². The van der Waals surface area contributed by atoms with Crippen molar-refractivity contribution in [2.45, 2.75) is 32.2 Å². The molecule has 0 spiro atoms. The topological polar surface area (TPSA) is 17.8 Å². The molecule has 1 aliphatic carbocycles. The van der Waals surface area contributed by atoms with Crippen LogP contribution in [0.2, 0.25) is 5.02 Å². The van der Waals surface area contributed by atoms with Crippen molar-refractivity contribution >= 4 is 34.2 Å². The third-order valence-electron chi connectivity index (χ3n) is 3.75. The van der Waals surface area contributed by atoms with E-state index in [9.17, 15) is 0 Å². The van der Waals surface area contributed by atoms with E-state index in [1.165, 1.54) is 12.8 Å². The maximum atomic E-state index is 6.11. The number of fused-ring (bicyclic) bond motifs is 1. The largest absolute Gasteiger partial charge is 0.325 e. The fourth-order valence-corrected chi connectivity index (χ4v) is 2.96. The maximum absolute atomic E-state index is 6.11. The first-order valence-corrected chi connectivity index (χ1v) is 7.34. The zero-order valence-electron chi connectivity index (χ0n) is 10.4. The van der Waals surface area contributed by atoms with Gasteiger partial charge in [-0.1, -0.05) is 11.6 Å². The minimum absolute atomic E-state index is 0.492. The van der Waals surface area contributed by atoms with Crippen LogP contribution >= 0.6 is 23.2 Å². The van der Waals surface area contributed by atoms with Gasteiger partial charge in [-0.2, -0.15) is 0 Å². The quantitative estimate of drug-likeness (QED) is 0.758. The number of rotatable bonds is 4. The summed E-state index contributed by atoms with van der Waals surface area (Å²) in [5, 5.41) is 0.768. The summed E-state index contributed by atoms with van der Waals surface area (Å²) in [7, 11) is 0.